The second-order valence-corrected chi connectivity index (χ2v) is 7.51. The molecule has 0 radical (unpaired) electrons. The van der Waals surface area contributed by atoms with Crippen molar-refractivity contribution in [2.75, 3.05) is 5.32 Å². The molecule has 0 unspecified atom stereocenters. The number of Topliss-reactive ketones (excluding diaryl/α,β-unsaturated/α-hetero) is 1. The highest BCUT2D eigenvalue weighted by molar-refractivity contribution is 7.18. The van der Waals surface area contributed by atoms with Gasteiger partial charge in [-0.1, -0.05) is 30.7 Å². The minimum Gasteiger partial charge on any atom is -0.352 e. The quantitative estimate of drug-likeness (QED) is 0.620. The molecule has 1 heterocycles. The van der Waals surface area contributed by atoms with Crippen LogP contribution in [0.15, 0.2) is 36.4 Å². The first-order valence-corrected chi connectivity index (χ1v) is 9.61. The SMILES string of the molecule is CCCC(=O)Nc1ccc(CNC(=O)CCC(=O)c2ccc(Cl)s2)cc1. The summed E-state index contributed by atoms with van der Waals surface area (Å²) in [6, 6.07) is 10.7. The lowest BCUT2D eigenvalue weighted by Crippen LogP contribution is -2.23. The molecule has 0 aliphatic rings. The maximum atomic E-state index is 11.9. The predicted molar refractivity (Wildman–Crippen MR) is 105 cm³/mol. The zero-order valence-corrected chi connectivity index (χ0v) is 16.1. The number of anilines is 1. The molecule has 0 spiro atoms. The van der Waals surface area contributed by atoms with Crippen molar-refractivity contribution in [3.8, 4) is 0 Å². The highest BCUT2D eigenvalue weighted by atomic mass is 35.5. The number of hydrogen-bond acceptors (Lipinski definition) is 4. The Kier molecular flexibility index (Phi) is 7.81. The molecule has 2 N–H and O–H groups in total. The molecule has 0 saturated carbocycles. The van der Waals surface area contributed by atoms with Crippen LogP contribution in [0.2, 0.25) is 4.34 Å². The molecule has 0 bridgehead atoms. The Balaban J connectivity index is 1.73. The fourth-order valence-corrected chi connectivity index (χ4v) is 3.27. The van der Waals surface area contributed by atoms with Crippen molar-refractivity contribution in [2.24, 2.45) is 0 Å². The number of rotatable bonds is 9. The summed E-state index contributed by atoms with van der Waals surface area (Å²) in [7, 11) is 0. The summed E-state index contributed by atoms with van der Waals surface area (Å²) in [6.45, 7) is 2.33. The molecular formula is C19H21ClN2O3S. The van der Waals surface area contributed by atoms with E-state index in [0.29, 0.717) is 22.2 Å². The number of hydrogen-bond donors (Lipinski definition) is 2. The average molecular weight is 393 g/mol. The Morgan fingerprint density at radius 2 is 1.69 bits per heavy atom. The number of carbonyl (C=O) groups excluding carboxylic acids is 3. The first kappa shape index (κ1) is 20.1. The van der Waals surface area contributed by atoms with Gasteiger partial charge in [-0.15, -0.1) is 11.3 Å². The topological polar surface area (TPSA) is 75.3 Å². The minimum absolute atomic E-state index is 0.00903. The van der Waals surface area contributed by atoms with Crippen LogP contribution in [0.25, 0.3) is 0 Å². The van der Waals surface area contributed by atoms with Crippen LogP contribution < -0.4 is 10.6 Å². The number of halogens is 1. The molecule has 7 heteroatoms. The standard InChI is InChI=1S/C19H21ClN2O3S/c1-2-3-19(25)22-14-6-4-13(5-7-14)12-21-18(24)11-8-15(23)16-9-10-17(20)26-16/h4-7,9-10H,2-3,8,11-12H2,1H3,(H,21,24)(H,22,25). The van der Waals surface area contributed by atoms with E-state index in [4.69, 9.17) is 11.6 Å². The van der Waals surface area contributed by atoms with Crippen molar-refractivity contribution in [1.82, 2.24) is 5.32 Å². The van der Waals surface area contributed by atoms with Gasteiger partial charge in [-0.25, -0.2) is 0 Å². The molecule has 1 aromatic carbocycles. The fraction of sp³-hybridized carbons (Fsp3) is 0.316. The van der Waals surface area contributed by atoms with E-state index in [1.54, 1.807) is 24.3 Å². The molecule has 138 valence electrons. The van der Waals surface area contributed by atoms with Crippen molar-refractivity contribution in [2.45, 2.75) is 39.2 Å². The Labute approximate surface area is 161 Å². The fourth-order valence-electron chi connectivity index (χ4n) is 2.26. The van der Waals surface area contributed by atoms with Crippen LogP contribution in [-0.4, -0.2) is 17.6 Å². The Bertz CT molecular complexity index is 771. The molecular weight excluding hydrogens is 372 g/mol. The highest BCUT2D eigenvalue weighted by Gasteiger charge is 2.11. The molecule has 2 rings (SSSR count). The smallest absolute Gasteiger partial charge is 0.224 e. The molecule has 2 aromatic rings. The van der Waals surface area contributed by atoms with Crippen molar-refractivity contribution >= 4 is 46.2 Å². The highest BCUT2D eigenvalue weighted by Crippen LogP contribution is 2.22. The molecule has 0 fully saturated rings. The van der Waals surface area contributed by atoms with E-state index in [0.717, 1.165) is 17.7 Å². The first-order valence-electron chi connectivity index (χ1n) is 8.42. The van der Waals surface area contributed by atoms with E-state index in [1.807, 2.05) is 19.1 Å². The van der Waals surface area contributed by atoms with Gasteiger partial charge < -0.3 is 10.6 Å². The van der Waals surface area contributed by atoms with E-state index in [2.05, 4.69) is 10.6 Å². The summed E-state index contributed by atoms with van der Waals surface area (Å²) >= 11 is 7.02. The lowest BCUT2D eigenvalue weighted by atomic mass is 10.1. The van der Waals surface area contributed by atoms with Gasteiger partial charge in [0.15, 0.2) is 5.78 Å². The molecule has 26 heavy (non-hydrogen) atoms. The third-order valence-electron chi connectivity index (χ3n) is 3.63. The average Bonchev–Trinajstić information content (AvgIpc) is 3.06. The van der Waals surface area contributed by atoms with Crippen LogP contribution in [0.5, 0.6) is 0 Å². The van der Waals surface area contributed by atoms with Gasteiger partial charge in [0.05, 0.1) is 9.21 Å². The summed E-state index contributed by atoms with van der Waals surface area (Å²) in [5.74, 6) is -0.268. The number of carbonyl (C=O) groups is 3. The molecule has 0 atom stereocenters. The predicted octanol–water partition coefficient (Wildman–Crippen LogP) is 4.42. The van der Waals surface area contributed by atoms with Gasteiger partial charge in [0.1, 0.15) is 0 Å². The number of thiophene rings is 1. The van der Waals surface area contributed by atoms with Gasteiger partial charge in [-0.05, 0) is 36.2 Å². The van der Waals surface area contributed by atoms with Crippen molar-refractivity contribution < 1.29 is 14.4 Å². The van der Waals surface area contributed by atoms with E-state index in [1.165, 1.54) is 11.3 Å². The summed E-state index contributed by atoms with van der Waals surface area (Å²) in [4.78, 5) is 36.0. The van der Waals surface area contributed by atoms with E-state index in [-0.39, 0.29) is 30.4 Å². The van der Waals surface area contributed by atoms with Gasteiger partial charge >= 0.3 is 0 Å². The van der Waals surface area contributed by atoms with Crippen LogP contribution in [0.3, 0.4) is 0 Å². The van der Waals surface area contributed by atoms with Gasteiger partial charge in [0.25, 0.3) is 0 Å². The van der Waals surface area contributed by atoms with Crippen molar-refractivity contribution in [3.63, 3.8) is 0 Å². The maximum absolute atomic E-state index is 11.9. The molecule has 0 aliphatic carbocycles. The second kappa shape index (κ2) is 10.1. The minimum atomic E-state index is -0.179. The summed E-state index contributed by atoms with van der Waals surface area (Å²) in [6.07, 6.45) is 1.59. The summed E-state index contributed by atoms with van der Waals surface area (Å²) in [5.41, 5.74) is 1.65. The van der Waals surface area contributed by atoms with Crippen LogP contribution in [0.4, 0.5) is 5.69 Å². The lowest BCUT2D eigenvalue weighted by Gasteiger charge is -2.07. The van der Waals surface area contributed by atoms with Gasteiger partial charge in [0, 0.05) is 31.5 Å². The van der Waals surface area contributed by atoms with E-state index in [9.17, 15) is 14.4 Å². The zero-order valence-electron chi connectivity index (χ0n) is 14.5. The van der Waals surface area contributed by atoms with Gasteiger partial charge in [-0.2, -0.15) is 0 Å². The van der Waals surface area contributed by atoms with Crippen molar-refractivity contribution in [1.29, 1.82) is 0 Å². The van der Waals surface area contributed by atoms with E-state index < -0.39 is 0 Å². The van der Waals surface area contributed by atoms with Gasteiger partial charge in [0.2, 0.25) is 11.8 Å². The Hall–Kier alpha value is -2.18. The zero-order chi connectivity index (χ0) is 18.9. The second-order valence-electron chi connectivity index (χ2n) is 5.80. The monoisotopic (exact) mass is 392 g/mol. The lowest BCUT2D eigenvalue weighted by molar-refractivity contribution is -0.121. The molecule has 2 amide bonds. The Morgan fingerprint density at radius 3 is 2.31 bits per heavy atom. The van der Waals surface area contributed by atoms with Gasteiger partial charge in [-0.3, -0.25) is 14.4 Å². The number of ketones is 1. The maximum Gasteiger partial charge on any atom is 0.224 e. The molecule has 0 aliphatic heterocycles. The Morgan fingerprint density at radius 1 is 0.962 bits per heavy atom. The number of nitrogens with one attached hydrogen (secondary N) is 2. The third-order valence-corrected chi connectivity index (χ3v) is 4.90. The van der Waals surface area contributed by atoms with Crippen LogP contribution in [0.1, 0.15) is 47.8 Å². The largest absolute Gasteiger partial charge is 0.352 e. The number of amides is 2. The number of benzene rings is 1. The third kappa shape index (κ3) is 6.61. The van der Waals surface area contributed by atoms with Crippen LogP contribution >= 0.6 is 22.9 Å². The van der Waals surface area contributed by atoms with Crippen LogP contribution in [-0.2, 0) is 16.1 Å². The van der Waals surface area contributed by atoms with E-state index >= 15 is 0 Å². The summed E-state index contributed by atoms with van der Waals surface area (Å²) in [5, 5.41) is 5.60. The first-order chi connectivity index (χ1) is 12.5. The molecule has 1 aromatic heterocycles. The normalized spacial score (nSPS) is 10.4. The molecule has 0 saturated heterocycles. The summed E-state index contributed by atoms with van der Waals surface area (Å²) < 4.78 is 0.562. The van der Waals surface area contributed by atoms with Crippen molar-refractivity contribution in [3.05, 3.63) is 51.2 Å². The van der Waals surface area contributed by atoms with Crippen LogP contribution in [0, 0.1) is 0 Å². The molecule has 5 nitrogen and oxygen atoms in total.